The fourth-order valence-corrected chi connectivity index (χ4v) is 2.12. The molecular formula is C18H20N2O2. The number of hydrogen-bond donors (Lipinski definition) is 2. The van der Waals surface area contributed by atoms with Gasteiger partial charge in [0.15, 0.2) is 0 Å². The highest BCUT2D eigenvalue weighted by molar-refractivity contribution is 6.08. The van der Waals surface area contributed by atoms with Crippen molar-refractivity contribution in [2.75, 3.05) is 5.32 Å². The van der Waals surface area contributed by atoms with Gasteiger partial charge in [0.2, 0.25) is 0 Å². The second kappa shape index (κ2) is 6.02. The van der Waals surface area contributed by atoms with Gasteiger partial charge in [-0.3, -0.25) is 9.59 Å². The lowest BCUT2D eigenvalue weighted by Gasteiger charge is -2.19. The van der Waals surface area contributed by atoms with Crippen molar-refractivity contribution in [1.82, 2.24) is 0 Å². The van der Waals surface area contributed by atoms with Crippen molar-refractivity contribution in [3.05, 3.63) is 65.2 Å². The maximum absolute atomic E-state index is 12.3. The maximum Gasteiger partial charge on any atom is 0.255 e. The van der Waals surface area contributed by atoms with Crippen LogP contribution in [0.2, 0.25) is 0 Å². The Kier molecular flexibility index (Phi) is 4.31. The zero-order chi connectivity index (χ0) is 16.3. The molecule has 0 saturated carbocycles. The Hall–Kier alpha value is -2.62. The Morgan fingerprint density at radius 2 is 1.55 bits per heavy atom. The van der Waals surface area contributed by atoms with Crippen molar-refractivity contribution in [1.29, 1.82) is 0 Å². The third kappa shape index (κ3) is 3.52. The Labute approximate surface area is 130 Å². The maximum atomic E-state index is 12.3. The zero-order valence-electron chi connectivity index (χ0n) is 13.0. The van der Waals surface area contributed by atoms with E-state index in [9.17, 15) is 9.59 Å². The van der Waals surface area contributed by atoms with Gasteiger partial charge in [-0.05, 0) is 35.2 Å². The van der Waals surface area contributed by atoms with Gasteiger partial charge in [-0.15, -0.1) is 0 Å². The summed E-state index contributed by atoms with van der Waals surface area (Å²) in [4.78, 5) is 23.7. The van der Waals surface area contributed by atoms with E-state index in [0.29, 0.717) is 16.8 Å². The molecule has 114 valence electrons. The van der Waals surface area contributed by atoms with E-state index in [0.717, 1.165) is 5.56 Å². The van der Waals surface area contributed by atoms with E-state index < -0.39 is 5.91 Å². The van der Waals surface area contributed by atoms with Gasteiger partial charge in [0.05, 0.1) is 11.3 Å². The van der Waals surface area contributed by atoms with Crippen LogP contribution in [0.15, 0.2) is 48.5 Å². The summed E-state index contributed by atoms with van der Waals surface area (Å²) in [5.74, 6) is -0.840. The Morgan fingerprint density at radius 3 is 2.09 bits per heavy atom. The summed E-state index contributed by atoms with van der Waals surface area (Å²) in [7, 11) is 0. The predicted molar refractivity (Wildman–Crippen MR) is 88.1 cm³/mol. The number of hydrogen-bond acceptors (Lipinski definition) is 2. The number of carbonyl (C=O) groups excluding carboxylic acids is 2. The van der Waals surface area contributed by atoms with Crippen LogP contribution in [0.25, 0.3) is 0 Å². The monoisotopic (exact) mass is 296 g/mol. The molecule has 2 aromatic rings. The lowest BCUT2D eigenvalue weighted by atomic mass is 9.86. The first-order valence-electron chi connectivity index (χ1n) is 7.10. The standard InChI is InChI=1S/C18H20N2O2/c1-18(2,3)13-10-8-12(9-11-13)17(22)20-15-7-5-4-6-14(15)16(19)21/h4-11H,1-3H3,(H2,19,21)(H,20,22). The molecule has 0 aliphatic rings. The molecule has 4 nitrogen and oxygen atoms in total. The average molecular weight is 296 g/mol. The average Bonchev–Trinajstić information content (AvgIpc) is 2.46. The van der Waals surface area contributed by atoms with E-state index in [2.05, 4.69) is 26.1 Å². The zero-order valence-corrected chi connectivity index (χ0v) is 13.0. The molecule has 0 unspecified atom stereocenters. The number of amides is 2. The molecule has 0 aliphatic heterocycles. The van der Waals surface area contributed by atoms with Crippen molar-refractivity contribution in [2.24, 2.45) is 5.73 Å². The normalized spacial score (nSPS) is 11.0. The fourth-order valence-electron chi connectivity index (χ4n) is 2.12. The van der Waals surface area contributed by atoms with Crippen LogP contribution in [0.1, 0.15) is 47.1 Å². The van der Waals surface area contributed by atoms with E-state index >= 15 is 0 Å². The molecule has 0 spiro atoms. The first kappa shape index (κ1) is 15.8. The Balaban J connectivity index is 2.22. The Bertz CT molecular complexity index is 698. The van der Waals surface area contributed by atoms with Crippen LogP contribution in [0.4, 0.5) is 5.69 Å². The van der Waals surface area contributed by atoms with Crippen LogP contribution in [-0.2, 0) is 5.41 Å². The van der Waals surface area contributed by atoms with Crippen LogP contribution >= 0.6 is 0 Å². The summed E-state index contributed by atoms with van der Waals surface area (Å²) in [6.07, 6.45) is 0. The van der Waals surface area contributed by atoms with Crippen molar-refractivity contribution >= 4 is 17.5 Å². The van der Waals surface area contributed by atoms with Gasteiger partial charge in [0.1, 0.15) is 0 Å². The number of carbonyl (C=O) groups is 2. The second-order valence-corrected chi connectivity index (χ2v) is 6.19. The minimum Gasteiger partial charge on any atom is -0.366 e. The number of nitrogens with two attached hydrogens (primary N) is 1. The van der Waals surface area contributed by atoms with E-state index in [-0.39, 0.29) is 11.3 Å². The largest absolute Gasteiger partial charge is 0.366 e. The fraction of sp³-hybridized carbons (Fsp3) is 0.222. The van der Waals surface area contributed by atoms with Gasteiger partial charge < -0.3 is 11.1 Å². The topological polar surface area (TPSA) is 72.2 Å². The van der Waals surface area contributed by atoms with Crippen LogP contribution in [-0.4, -0.2) is 11.8 Å². The summed E-state index contributed by atoms with van der Waals surface area (Å²) in [6, 6.07) is 14.1. The number of benzene rings is 2. The number of rotatable bonds is 3. The number of para-hydroxylation sites is 1. The first-order valence-corrected chi connectivity index (χ1v) is 7.10. The molecule has 0 fully saturated rings. The molecule has 0 atom stereocenters. The Morgan fingerprint density at radius 1 is 0.955 bits per heavy atom. The molecule has 3 N–H and O–H groups in total. The molecule has 2 amide bonds. The third-order valence-corrected chi connectivity index (χ3v) is 3.45. The van der Waals surface area contributed by atoms with Gasteiger partial charge in [0, 0.05) is 5.56 Å². The smallest absolute Gasteiger partial charge is 0.255 e. The third-order valence-electron chi connectivity index (χ3n) is 3.45. The molecule has 4 heteroatoms. The van der Waals surface area contributed by atoms with Crippen LogP contribution in [0.5, 0.6) is 0 Å². The first-order chi connectivity index (χ1) is 10.3. The van der Waals surface area contributed by atoms with Crippen molar-refractivity contribution in [3.8, 4) is 0 Å². The highest BCUT2D eigenvalue weighted by Crippen LogP contribution is 2.22. The molecule has 2 rings (SSSR count). The number of nitrogens with one attached hydrogen (secondary N) is 1. The van der Waals surface area contributed by atoms with Gasteiger partial charge >= 0.3 is 0 Å². The lowest BCUT2D eigenvalue weighted by Crippen LogP contribution is -2.18. The highest BCUT2D eigenvalue weighted by Gasteiger charge is 2.15. The molecule has 22 heavy (non-hydrogen) atoms. The van der Waals surface area contributed by atoms with Crippen LogP contribution < -0.4 is 11.1 Å². The molecule has 0 bridgehead atoms. The summed E-state index contributed by atoms with van der Waals surface area (Å²) in [5.41, 5.74) is 7.74. The summed E-state index contributed by atoms with van der Waals surface area (Å²) >= 11 is 0. The van der Waals surface area contributed by atoms with Crippen molar-refractivity contribution in [2.45, 2.75) is 26.2 Å². The molecule has 0 heterocycles. The molecule has 0 aromatic heterocycles. The van der Waals surface area contributed by atoms with Gasteiger partial charge in [-0.25, -0.2) is 0 Å². The summed E-state index contributed by atoms with van der Waals surface area (Å²) < 4.78 is 0. The van der Waals surface area contributed by atoms with E-state index in [4.69, 9.17) is 5.73 Å². The molecule has 0 saturated heterocycles. The van der Waals surface area contributed by atoms with Crippen LogP contribution in [0, 0.1) is 0 Å². The summed E-state index contributed by atoms with van der Waals surface area (Å²) in [6.45, 7) is 6.35. The van der Waals surface area contributed by atoms with E-state index in [1.807, 2.05) is 12.1 Å². The number of anilines is 1. The highest BCUT2D eigenvalue weighted by atomic mass is 16.2. The van der Waals surface area contributed by atoms with Gasteiger partial charge in [0.25, 0.3) is 11.8 Å². The lowest BCUT2D eigenvalue weighted by molar-refractivity contribution is 0.100. The SMILES string of the molecule is CC(C)(C)c1ccc(C(=O)Nc2ccccc2C(N)=O)cc1. The minimum atomic E-state index is -0.570. The molecule has 2 aromatic carbocycles. The molecular weight excluding hydrogens is 276 g/mol. The quantitative estimate of drug-likeness (QED) is 0.911. The van der Waals surface area contributed by atoms with Gasteiger partial charge in [-0.1, -0.05) is 45.0 Å². The molecule has 0 aliphatic carbocycles. The van der Waals surface area contributed by atoms with E-state index in [1.54, 1.807) is 36.4 Å². The van der Waals surface area contributed by atoms with Crippen LogP contribution in [0.3, 0.4) is 0 Å². The summed E-state index contributed by atoms with van der Waals surface area (Å²) in [5, 5.41) is 2.73. The number of primary amides is 1. The predicted octanol–water partition coefficient (Wildman–Crippen LogP) is 3.34. The van der Waals surface area contributed by atoms with E-state index in [1.165, 1.54) is 0 Å². The molecule has 0 radical (unpaired) electrons. The minimum absolute atomic E-state index is 0.0353. The van der Waals surface area contributed by atoms with Crippen molar-refractivity contribution < 1.29 is 9.59 Å². The van der Waals surface area contributed by atoms with Gasteiger partial charge in [-0.2, -0.15) is 0 Å². The second-order valence-electron chi connectivity index (χ2n) is 6.19. The van der Waals surface area contributed by atoms with Crippen molar-refractivity contribution in [3.63, 3.8) is 0 Å².